The lowest BCUT2D eigenvalue weighted by atomic mass is 10.1. The number of thioether (sulfide) groups is 1. The lowest BCUT2D eigenvalue weighted by Crippen LogP contribution is -2.19. The molecule has 4 aromatic carbocycles. The zero-order valence-electron chi connectivity index (χ0n) is 20.1. The van der Waals surface area contributed by atoms with Crippen molar-refractivity contribution in [2.45, 2.75) is 30.4 Å². The van der Waals surface area contributed by atoms with E-state index in [1.807, 2.05) is 98.8 Å². The van der Waals surface area contributed by atoms with Crippen LogP contribution >= 0.6 is 23.4 Å². The highest BCUT2D eigenvalue weighted by Crippen LogP contribution is 2.37. The van der Waals surface area contributed by atoms with Crippen LogP contribution < -0.4 is 10.6 Å². The number of anilines is 2. The molecule has 2 N–H and O–H groups in total. The number of hydrogen-bond donors (Lipinski definition) is 2. The van der Waals surface area contributed by atoms with Gasteiger partial charge in [-0.25, -0.2) is 0 Å². The summed E-state index contributed by atoms with van der Waals surface area (Å²) in [4.78, 5) is 26.7. The molecule has 0 aromatic heterocycles. The SMILES string of the molecule is Cc1ccc(C)c(NC(=O)C(Sc2ccc(NC(=O)Cc3ccc(Cl)cc3)cc2)c2ccccc2)c1. The van der Waals surface area contributed by atoms with Crippen LogP contribution in [0.1, 0.15) is 27.5 Å². The van der Waals surface area contributed by atoms with Gasteiger partial charge in [0, 0.05) is 21.3 Å². The summed E-state index contributed by atoms with van der Waals surface area (Å²) in [5.74, 6) is -0.187. The smallest absolute Gasteiger partial charge is 0.242 e. The largest absolute Gasteiger partial charge is 0.326 e. The number of carbonyl (C=O) groups is 2. The minimum Gasteiger partial charge on any atom is -0.326 e. The van der Waals surface area contributed by atoms with Crippen molar-refractivity contribution in [1.82, 2.24) is 0 Å². The molecule has 0 aliphatic carbocycles. The second kappa shape index (κ2) is 11.9. The zero-order valence-corrected chi connectivity index (χ0v) is 21.7. The van der Waals surface area contributed by atoms with Crippen LogP contribution in [-0.4, -0.2) is 11.8 Å². The van der Waals surface area contributed by atoms with E-state index in [4.69, 9.17) is 11.6 Å². The molecule has 1 unspecified atom stereocenters. The van der Waals surface area contributed by atoms with Crippen molar-refractivity contribution in [3.05, 3.63) is 124 Å². The molecule has 36 heavy (non-hydrogen) atoms. The van der Waals surface area contributed by atoms with Crippen molar-refractivity contribution in [1.29, 1.82) is 0 Å². The van der Waals surface area contributed by atoms with Gasteiger partial charge in [-0.3, -0.25) is 9.59 Å². The topological polar surface area (TPSA) is 58.2 Å². The van der Waals surface area contributed by atoms with E-state index >= 15 is 0 Å². The first-order valence-electron chi connectivity index (χ1n) is 11.6. The first-order chi connectivity index (χ1) is 17.4. The molecule has 0 saturated heterocycles. The summed E-state index contributed by atoms with van der Waals surface area (Å²) in [6, 6.07) is 30.6. The van der Waals surface area contributed by atoms with Gasteiger partial charge in [-0.15, -0.1) is 11.8 Å². The highest BCUT2D eigenvalue weighted by molar-refractivity contribution is 8.00. The molecule has 0 spiro atoms. The molecule has 0 heterocycles. The number of amides is 2. The van der Waals surface area contributed by atoms with Gasteiger partial charge in [-0.1, -0.05) is 66.2 Å². The molecule has 182 valence electrons. The number of halogens is 1. The lowest BCUT2D eigenvalue weighted by Gasteiger charge is -2.18. The molecule has 0 aliphatic heterocycles. The normalized spacial score (nSPS) is 11.5. The molecule has 0 fully saturated rings. The second-order valence-electron chi connectivity index (χ2n) is 8.59. The van der Waals surface area contributed by atoms with Crippen LogP contribution in [0.25, 0.3) is 0 Å². The van der Waals surface area contributed by atoms with Crippen LogP contribution in [0.3, 0.4) is 0 Å². The summed E-state index contributed by atoms with van der Waals surface area (Å²) < 4.78 is 0. The molecule has 0 saturated carbocycles. The van der Waals surface area contributed by atoms with Gasteiger partial charge in [0.1, 0.15) is 5.25 Å². The number of hydrogen-bond acceptors (Lipinski definition) is 3. The minimum atomic E-state index is -0.434. The van der Waals surface area contributed by atoms with Crippen molar-refractivity contribution in [2.75, 3.05) is 10.6 Å². The third-order valence-corrected chi connectivity index (χ3v) is 7.18. The van der Waals surface area contributed by atoms with Crippen LogP contribution in [0.2, 0.25) is 5.02 Å². The summed E-state index contributed by atoms with van der Waals surface area (Å²) >= 11 is 7.39. The summed E-state index contributed by atoms with van der Waals surface area (Å²) in [6.07, 6.45) is 0.266. The molecule has 0 aliphatic rings. The summed E-state index contributed by atoms with van der Waals surface area (Å²) in [5, 5.41) is 6.24. The molecule has 0 bridgehead atoms. The quantitative estimate of drug-likeness (QED) is 0.238. The van der Waals surface area contributed by atoms with Gasteiger partial charge in [0.05, 0.1) is 6.42 Å². The maximum absolute atomic E-state index is 13.4. The summed E-state index contributed by atoms with van der Waals surface area (Å²) in [6.45, 7) is 3.99. The number of nitrogens with one attached hydrogen (secondary N) is 2. The average Bonchev–Trinajstić information content (AvgIpc) is 2.87. The van der Waals surface area contributed by atoms with E-state index in [9.17, 15) is 9.59 Å². The van der Waals surface area contributed by atoms with E-state index in [0.29, 0.717) is 10.7 Å². The van der Waals surface area contributed by atoms with E-state index < -0.39 is 5.25 Å². The van der Waals surface area contributed by atoms with E-state index in [0.717, 1.165) is 32.8 Å². The highest BCUT2D eigenvalue weighted by Gasteiger charge is 2.23. The molecule has 0 radical (unpaired) electrons. The van der Waals surface area contributed by atoms with Crippen LogP contribution in [0.4, 0.5) is 11.4 Å². The fourth-order valence-corrected chi connectivity index (χ4v) is 4.87. The Morgan fingerprint density at radius 2 is 1.53 bits per heavy atom. The molecule has 2 amide bonds. The van der Waals surface area contributed by atoms with E-state index in [2.05, 4.69) is 10.6 Å². The van der Waals surface area contributed by atoms with Gasteiger partial charge in [-0.05, 0) is 78.6 Å². The van der Waals surface area contributed by atoms with Crippen LogP contribution in [0.5, 0.6) is 0 Å². The predicted octanol–water partition coefficient (Wildman–Crippen LogP) is 7.61. The van der Waals surface area contributed by atoms with Gasteiger partial charge < -0.3 is 10.6 Å². The molecular weight excluding hydrogens is 488 g/mol. The Morgan fingerprint density at radius 3 is 2.22 bits per heavy atom. The molecule has 6 heteroatoms. The van der Waals surface area contributed by atoms with E-state index in [1.54, 1.807) is 12.1 Å². The van der Waals surface area contributed by atoms with E-state index in [-0.39, 0.29) is 18.2 Å². The Morgan fingerprint density at radius 1 is 0.833 bits per heavy atom. The second-order valence-corrected chi connectivity index (χ2v) is 10.2. The van der Waals surface area contributed by atoms with Crippen molar-refractivity contribution < 1.29 is 9.59 Å². The minimum absolute atomic E-state index is 0.0831. The van der Waals surface area contributed by atoms with Crippen LogP contribution in [-0.2, 0) is 16.0 Å². The van der Waals surface area contributed by atoms with Crippen molar-refractivity contribution >= 4 is 46.6 Å². The fraction of sp³-hybridized carbons (Fsp3) is 0.133. The molecule has 4 rings (SSSR count). The maximum Gasteiger partial charge on any atom is 0.242 e. The van der Waals surface area contributed by atoms with Crippen molar-refractivity contribution in [2.24, 2.45) is 0 Å². The van der Waals surface area contributed by atoms with Crippen molar-refractivity contribution in [3.8, 4) is 0 Å². The zero-order chi connectivity index (χ0) is 25.5. The van der Waals surface area contributed by atoms with E-state index in [1.165, 1.54) is 11.8 Å². The summed E-state index contributed by atoms with van der Waals surface area (Å²) in [7, 11) is 0. The number of rotatable bonds is 8. The number of aryl methyl sites for hydroxylation is 2. The number of benzene rings is 4. The van der Waals surface area contributed by atoms with Crippen LogP contribution in [0, 0.1) is 13.8 Å². The van der Waals surface area contributed by atoms with Gasteiger partial charge in [0.25, 0.3) is 0 Å². The third kappa shape index (κ3) is 7.00. The Kier molecular flexibility index (Phi) is 8.47. The molecular formula is C30H27ClN2O2S. The molecule has 4 aromatic rings. The monoisotopic (exact) mass is 514 g/mol. The lowest BCUT2D eigenvalue weighted by molar-refractivity contribution is -0.116. The Balaban J connectivity index is 1.45. The number of carbonyl (C=O) groups excluding carboxylic acids is 2. The standard InChI is InChI=1S/C30H27ClN2O2S/c1-20-8-9-21(2)27(18-20)33-30(35)29(23-6-4-3-5-7-23)36-26-16-14-25(15-17-26)32-28(34)19-22-10-12-24(31)13-11-22/h3-18,29H,19H2,1-2H3,(H,32,34)(H,33,35). The van der Waals surface area contributed by atoms with Crippen molar-refractivity contribution in [3.63, 3.8) is 0 Å². The summed E-state index contributed by atoms with van der Waals surface area (Å²) in [5.41, 5.74) is 5.45. The molecule has 1 atom stereocenters. The predicted molar refractivity (Wildman–Crippen MR) is 150 cm³/mol. The molecule has 4 nitrogen and oxygen atoms in total. The first kappa shape index (κ1) is 25.5. The Labute approximate surface area is 221 Å². The third-order valence-electron chi connectivity index (χ3n) is 5.66. The highest BCUT2D eigenvalue weighted by atomic mass is 35.5. The average molecular weight is 515 g/mol. The van der Waals surface area contributed by atoms with Gasteiger partial charge >= 0.3 is 0 Å². The fourth-order valence-electron chi connectivity index (χ4n) is 3.72. The van der Waals surface area contributed by atoms with Gasteiger partial charge in [0.2, 0.25) is 11.8 Å². The Hall–Kier alpha value is -3.54. The van der Waals surface area contributed by atoms with Gasteiger partial charge in [-0.2, -0.15) is 0 Å². The first-order valence-corrected chi connectivity index (χ1v) is 12.9. The maximum atomic E-state index is 13.4. The van der Waals surface area contributed by atoms with Crippen LogP contribution in [0.15, 0.2) is 102 Å². The Bertz CT molecular complexity index is 1340. The van der Waals surface area contributed by atoms with Gasteiger partial charge in [0.15, 0.2) is 0 Å².